The fourth-order valence-electron chi connectivity index (χ4n) is 2.95. The van der Waals surface area contributed by atoms with Crippen LogP contribution in [0.3, 0.4) is 0 Å². The van der Waals surface area contributed by atoms with Gasteiger partial charge < -0.3 is 17.6 Å². The van der Waals surface area contributed by atoms with Crippen LogP contribution in [0.2, 0.25) is 0 Å². The summed E-state index contributed by atoms with van der Waals surface area (Å²) in [4.78, 5) is 2.14. The van der Waals surface area contributed by atoms with Crippen LogP contribution in [0, 0.1) is 6.92 Å². The maximum absolute atomic E-state index is 15.0. The van der Waals surface area contributed by atoms with Gasteiger partial charge in [-0.05, 0) is 47.1 Å². The summed E-state index contributed by atoms with van der Waals surface area (Å²) in [5.74, 6) is 0. The van der Waals surface area contributed by atoms with Gasteiger partial charge in [0.25, 0.3) is 0 Å². The van der Waals surface area contributed by atoms with Crippen LogP contribution in [-0.2, 0) is 0 Å². The van der Waals surface area contributed by atoms with Crippen LogP contribution in [0.5, 0.6) is 0 Å². The number of nitrogens with zero attached hydrogens (tertiary/aromatic N) is 2. The lowest BCUT2D eigenvalue weighted by atomic mass is 9.88. The van der Waals surface area contributed by atoms with Gasteiger partial charge in [0, 0.05) is 43.5 Å². The average molecular weight is 446 g/mol. The van der Waals surface area contributed by atoms with Gasteiger partial charge in [-0.25, -0.2) is 0 Å². The molecular weight excluding hydrogens is 437 g/mol. The minimum atomic E-state index is -3.93. The van der Waals surface area contributed by atoms with Gasteiger partial charge in [-0.1, -0.05) is 0 Å². The third kappa shape index (κ3) is 1.83. The van der Waals surface area contributed by atoms with Gasteiger partial charge in [0.1, 0.15) is 0 Å². The first kappa shape index (κ1) is 14.6. The molecule has 0 fully saturated rings. The largest absolute Gasteiger partial charge is 0.738 e. The highest BCUT2D eigenvalue weighted by Crippen LogP contribution is 2.43. The molecule has 2 aromatic rings. The lowest BCUT2D eigenvalue weighted by molar-refractivity contribution is -0.358. The van der Waals surface area contributed by atoms with Crippen molar-refractivity contribution in [3.8, 4) is 0 Å². The van der Waals surface area contributed by atoms with Crippen molar-refractivity contribution in [3.05, 3.63) is 62.2 Å². The highest BCUT2D eigenvalue weighted by atomic mass is 79.9. The normalized spacial score (nSPS) is 19.0. The Hall–Kier alpha value is -0.985. The standard InChI is InChI=1S/C14H9BBr2F2N2S/c1-8-2-5-11(22-8)14-9-3-6-12(16)20(9)15(18,19)21-10(14)4-7-13(21)17/h2-7H,1H3. The molecule has 0 aliphatic carbocycles. The van der Waals surface area contributed by atoms with E-state index in [4.69, 9.17) is 0 Å². The monoisotopic (exact) mass is 444 g/mol. The van der Waals surface area contributed by atoms with Crippen LogP contribution >= 0.6 is 43.2 Å². The Bertz CT molecular complexity index is 908. The van der Waals surface area contributed by atoms with E-state index in [1.54, 1.807) is 35.6 Å². The number of hydrogen-bond acceptors (Lipinski definition) is 1. The van der Waals surface area contributed by atoms with E-state index in [0.717, 1.165) is 24.3 Å². The van der Waals surface area contributed by atoms with E-state index >= 15 is 0 Å². The number of halogens is 4. The minimum absolute atomic E-state index is 0.379. The molecule has 112 valence electrons. The summed E-state index contributed by atoms with van der Waals surface area (Å²) >= 11 is 8.12. The molecule has 2 aliphatic rings. The fraction of sp³-hybridized carbons (Fsp3) is 0.0714. The molecule has 2 aliphatic heterocycles. The minimum Gasteiger partial charge on any atom is -0.389 e. The molecule has 0 saturated carbocycles. The topological polar surface area (TPSA) is 7.94 Å². The van der Waals surface area contributed by atoms with Gasteiger partial charge in [0.15, 0.2) is 5.70 Å². The van der Waals surface area contributed by atoms with Gasteiger partial charge in [0.2, 0.25) is 4.62 Å². The number of fused-ring (bicyclic) bond motifs is 2. The molecule has 0 amide bonds. The third-order valence-electron chi connectivity index (χ3n) is 3.86. The first-order valence-corrected chi connectivity index (χ1v) is 9.02. The maximum atomic E-state index is 15.0. The van der Waals surface area contributed by atoms with Crippen molar-refractivity contribution in [1.82, 2.24) is 4.48 Å². The summed E-state index contributed by atoms with van der Waals surface area (Å²) in [5, 5.41) is 0. The molecule has 4 rings (SSSR count). The summed E-state index contributed by atoms with van der Waals surface area (Å²) in [6.07, 6.45) is 3.42. The lowest BCUT2D eigenvalue weighted by Gasteiger charge is -2.31. The van der Waals surface area contributed by atoms with E-state index in [1.807, 2.05) is 19.1 Å². The van der Waals surface area contributed by atoms with E-state index in [2.05, 4.69) is 31.9 Å². The van der Waals surface area contributed by atoms with Gasteiger partial charge in [-0.3, -0.25) is 0 Å². The van der Waals surface area contributed by atoms with E-state index in [1.165, 1.54) is 0 Å². The van der Waals surface area contributed by atoms with Crippen LogP contribution in [-0.4, -0.2) is 20.6 Å². The van der Waals surface area contributed by atoms with Crippen LogP contribution in [0.4, 0.5) is 8.63 Å². The molecule has 2 aromatic heterocycles. The molecular formula is C14H9BBr2F2N2S. The summed E-state index contributed by atoms with van der Waals surface area (Å²) in [7, 11) is 0. The Balaban J connectivity index is 2.12. The highest BCUT2D eigenvalue weighted by Gasteiger charge is 2.54. The van der Waals surface area contributed by atoms with Gasteiger partial charge in [-0.15, -0.1) is 11.3 Å². The lowest BCUT2D eigenvalue weighted by Crippen LogP contribution is -2.50. The smallest absolute Gasteiger partial charge is 0.389 e. The van der Waals surface area contributed by atoms with Gasteiger partial charge in [-0.2, -0.15) is 0 Å². The van der Waals surface area contributed by atoms with Crippen LogP contribution in [0.1, 0.15) is 15.4 Å². The van der Waals surface area contributed by atoms with Crippen molar-refractivity contribution in [2.24, 2.45) is 0 Å². The number of rotatable bonds is 1. The number of hydrogen-bond donors (Lipinski definition) is 0. The van der Waals surface area contributed by atoms with E-state index < -0.39 is 6.97 Å². The van der Waals surface area contributed by atoms with Crippen molar-refractivity contribution in [1.29, 1.82) is 0 Å². The van der Waals surface area contributed by atoms with E-state index in [-0.39, 0.29) is 0 Å². The first-order valence-electron chi connectivity index (χ1n) is 6.62. The maximum Gasteiger partial charge on any atom is 0.738 e. The Morgan fingerprint density at radius 1 is 1.14 bits per heavy atom. The summed E-state index contributed by atoms with van der Waals surface area (Å²) in [6.45, 7) is -1.92. The van der Waals surface area contributed by atoms with Crippen LogP contribution in [0.25, 0.3) is 5.57 Å². The second-order valence-corrected chi connectivity index (χ2v) is 8.11. The fourth-order valence-corrected chi connectivity index (χ4v) is 5.02. The zero-order valence-corrected chi connectivity index (χ0v) is 15.3. The molecule has 0 atom stereocenters. The molecule has 0 aromatic carbocycles. The number of aromatic nitrogens is 1. The molecule has 0 unspecified atom stereocenters. The Labute approximate surface area is 146 Å². The third-order valence-corrected chi connectivity index (χ3v) is 6.17. The van der Waals surface area contributed by atoms with E-state index in [0.29, 0.717) is 20.6 Å². The Morgan fingerprint density at radius 3 is 2.59 bits per heavy atom. The predicted molar refractivity (Wildman–Crippen MR) is 93.9 cm³/mol. The van der Waals surface area contributed by atoms with Crippen molar-refractivity contribution in [3.63, 3.8) is 0 Å². The zero-order chi connectivity index (χ0) is 15.6. The quantitative estimate of drug-likeness (QED) is 0.546. The van der Waals surface area contributed by atoms with E-state index in [9.17, 15) is 8.63 Å². The van der Waals surface area contributed by atoms with Gasteiger partial charge >= 0.3 is 6.97 Å². The molecule has 0 N–H and O–H groups in total. The van der Waals surface area contributed by atoms with Crippen LogP contribution < -0.4 is 0 Å². The first-order chi connectivity index (χ1) is 10.4. The summed E-state index contributed by atoms with van der Waals surface area (Å²) in [6, 6.07) is 7.41. The molecule has 0 saturated heterocycles. The predicted octanol–water partition coefficient (Wildman–Crippen LogP) is 4.99. The van der Waals surface area contributed by atoms with Gasteiger partial charge in [0.05, 0.1) is 10.2 Å². The van der Waals surface area contributed by atoms with Crippen molar-refractivity contribution < 1.29 is 13.1 Å². The molecule has 0 spiro atoms. The van der Waals surface area contributed by atoms with Crippen molar-refractivity contribution in [2.75, 3.05) is 0 Å². The SMILES string of the molecule is Cc1ccc(C2=C3C=CC(Br)=[N+]3[B-](F)(F)n3c(Br)ccc32)s1. The summed E-state index contributed by atoms with van der Waals surface area (Å²) < 4.78 is 32.9. The zero-order valence-electron chi connectivity index (χ0n) is 11.4. The summed E-state index contributed by atoms with van der Waals surface area (Å²) in [5.41, 5.74) is 1.91. The molecule has 22 heavy (non-hydrogen) atoms. The number of aryl methyl sites for hydroxylation is 1. The highest BCUT2D eigenvalue weighted by molar-refractivity contribution is 9.18. The molecule has 8 heteroatoms. The Kier molecular flexibility index (Phi) is 3.15. The average Bonchev–Trinajstić information content (AvgIpc) is 3.12. The number of allylic oxidation sites excluding steroid dienone is 2. The molecule has 4 heterocycles. The van der Waals surface area contributed by atoms with Crippen molar-refractivity contribution >= 4 is 60.4 Å². The molecule has 2 nitrogen and oxygen atoms in total. The number of thiophene rings is 1. The second-order valence-electron chi connectivity index (χ2n) is 5.20. The van der Waals surface area contributed by atoms with Crippen molar-refractivity contribution in [2.45, 2.75) is 6.92 Å². The second kappa shape index (κ2) is 4.75. The molecule has 0 bridgehead atoms. The van der Waals surface area contributed by atoms with Crippen LogP contribution in [0.15, 0.2) is 46.7 Å². The Morgan fingerprint density at radius 2 is 1.91 bits per heavy atom. The molecule has 0 radical (unpaired) electrons.